The number of hydrogen-bond donors (Lipinski definition) is 1. The Morgan fingerprint density at radius 3 is 2.37 bits per heavy atom. The number of ether oxygens (including phenoxy) is 1. The molecule has 0 radical (unpaired) electrons. The van der Waals surface area contributed by atoms with Gasteiger partial charge >= 0.3 is 0 Å². The van der Waals surface area contributed by atoms with E-state index in [1.807, 2.05) is 49.4 Å². The number of aliphatic hydroxyl groups is 1. The first-order valence-corrected chi connectivity index (χ1v) is 13.1. The third-order valence-corrected chi connectivity index (χ3v) is 6.90. The molecule has 1 unspecified atom stereocenters. The minimum atomic E-state index is -0.735. The maximum atomic E-state index is 13.5. The molecule has 4 rings (SSSR count). The van der Waals surface area contributed by atoms with Crippen molar-refractivity contribution >= 4 is 17.4 Å². The van der Waals surface area contributed by atoms with E-state index in [9.17, 15) is 14.7 Å². The molecule has 1 amide bonds. The molecule has 6 nitrogen and oxygen atoms in total. The number of aromatic nitrogens is 1. The van der Waals surface area contributed by atoms with Crippen LogP contribution in [0.4, 0.5) is 0 Å². The van der Waals surface area contributed by atoms with Crippen LogP contribution in [0.15, 0.2) is 72.6 Å². The van der Waals surface area contributed by atoms with E-state index >= 15 is 0 Å². The molecule has 1 saturated heterocycles. The predicted molar refractivity (Wildman–Crippen MR) is 149 cm³/mol. The van der Waals surface area contributed by atoms with Crippen LogP contribution in [0.2, 0.25) is 0 Å². The van der Waals surface area contributed by atoms with E-state index in [4.69, 9.17) is 4.74 Å². The number of benzene rings is 2. The molecule has 2 heterocycles. The molecule has 1 aliphatic rings. The molecule has 1 N–H and O–H groups in total. The standard InChI is InChI=1S/C32H36N2O4/c1-7-38-26-15-14-24(17-25(26)32(4,5)6)29(35)27-28(23-12-10-22(11-13-23)20(2)3)34(31(37)30(27)36)19-21-9-8-16-33-18-21/h8-18,20,28,35H,7,19H2,1-6H3/b29-27-. The average molecular weight is 513 g/mol. The molecule has 3 aromatic rings. The van der Waals surface area contributed by atoms with Crippen molar-refractivity contribution in [2.24, 2.45) is 0 Å². The van der Waals surface area contributed by atoms with Crippen LogP contribution in [-0.4, -0.2) is 33.3 Å². The number of pyridine rings is 1. The highest BCUT2D eigenvalue weighted by Gasteiger charge is 2.46. The first kappa shape index (κ1) is 27.1. The Kier molecular flexibility index (Phi) is 7.72. The van der Waals surface area contributed by atoms with Gasteiger partial charge in [-0.2, -0.15) is 0 Å². The molecule has 1 fully saturated rings. The fourth-order valence-electron chi connectivity index (χ4n) is 4.84. The van der Waals surface area contributed by atoms with E-state index < -0.39 is 17.7 Å². The zero-order valence-corrected chi connectivity index (χ0v) is 23.0. The Balaban J connectivity index is 1.88. The summed E-state index contributed by atoms with van der Waals surface area (Å²) in [7, 11) is 0. The van der Waals surface area contributed by atoms with E-state index in [-0.39, 0.29) is 23.3 Å². The predicted octanol–water partition coefficient (Wildman–Crippen LogP) is 6.52. The molecule has 1 aliphatic heterocycles. The fraction of sp³-hybridized carbons (Fsp3) is 0.344. The highest BCUT2D eigenvalue weighted by Crippen LogP contribution is 2.42. The van der Waals surface area contributed by atoms with Crippen molar-refractivity contribution in [1.29, 1.82) is 0 Å². The first-order valence-electron chi connectivity index (χ1n) is 13.1. The van der Waals surface area contributed by atoms with Gasteiger partial charge in [-0.25, -0.2) is 0 Å². The molecule has 38 heavy (non-hydrogen) atoms. The number of carbonyl (C=O) groups is 2. The minimum Gasteiger partial charge on any atom is -0.507 e. The number of Topliss-reactive ketones (excluding diaryl/α,β-unsaturated/α-hetero) is 1. The smallest absolute Gasteiger partial charge is 0.295 e. The summed E-state index contributed by atoms with van der Waals surface area (Å²) in [5.74, 6) is -0.464. The van der Waals surface area contributed by atoms with E-state index in [0.717, 1.165) is 28.0 Å². The van der Waals surface area contributed by atoms with Crippen molar-refractivity contribution < 1.29 is 19.4 Å². The molecule has 6 heteroatoms. The monoisotopic (exact) mass is 512 g/mol. The van der Waals surface area contributed by atoms with Gasteiger partial charge < -0.3 is 14.7 Å². The zero-order valence-electron chi connectivity index (χ0n) is 23.0. The number of hydrogen-bond acceptors (Lipinski definition) is 5. The van der Waals surface area contributed by atoms with Crippen molar-refractivity contribution in [3.63, 3.8) is 0 Å². The van der Waals surface area contributed by atoms with Gasteiger partial charge in [-0.1, -0.05) is 65.0 Å². The van der Waals surface area contributed by atoms with Crippen LogP contribution in [-0.2, 0) is 21.5 Å². The van der Waals surface area contributed by atoms with Gasteiger partial charge in [0.25, 0.3) is 11.7 Å². The molecule has 0 bridgehead atoms. The summed E-state index contributed by atoms with van der Waals surface area (Å²) >= 11 is 0. The number of ketones is 1. The maximum absolute atomic E-state index is 13.5. The largest absolute Gasteiger partial charge is 0.507 e. The lowest BCUT2D eigenvalue weighted by molar-refractivity contribution is -0.140. The van der Waals surface area contributed by atoms with Gasteiger partial charge in [0.2, 0.25) is 0 Å². The van der Waals surface area contributed by atoms with Crippen LogP contribution in [0.3, 0.4) is 0 Å². The summed E-state index contributed by atoms with van der Waals surface area (Å²) < 4.78 is 5.83. The van der Waals surface area contributed by atoms with Crippen LogP contribution in [0.1, 0.15) is 81.3 Å². The van der Waals surface area contributed by atoms with Gasteiger partial charge in [0.1, 0.15) is 11.5 Å². The molecular formula is C32H36N2O4. The van der Waals surface area contributed by atoms with Gasteiger partial charge in [-0.05, 0) is 59.2 Å². The Labute approximate surface area is 225 Å². The summed E-state index contributed by atoms with van der Waals surface area (Å²) in [5.41, 5.74) is 3.92. The number of carbonyl (C=O) groups excluding carboxylic acids is 2. The van der Waals surface area contributed by atoms with Gasteiger partial charge in [0, 0.05) is 30.1 Å². The van der Waals surface area contributed by atoms with Crippen molar-refractivity contribution in [2.75, 3.05) is 6.61 Å². The number of rotatable bonds is 7. The second kappa shape index (κ2) is 10.8. The molecular weight excluding hydrogens is 476 g/mol. The summed E-state index contributed by atoms with van der Waals surface area (Å²) in [6, 6.07) is 16.2. The number of nitrogens with zero attached hydrogens (tertiary/aromatic N) is 2. The van der Waals surface area contributed by atoms with Crippen LogP contribution in [0.25, 0.3) is 5.76 Å². The molecule has 0 saturated carbocycles. The Morgan fingerprint density at radius 2 is 1.79 bits per heavy atom. The Morgan fingerprint density at radius 1 is 1.08 bits per heavy atom. The van der Waals surface area contributed by atoms with Crippen LogP contribution >= 0.6 is 0 Å². The summed E-state index contributed by atoms with van der Waals surface area (Å²) in [6.45, 7) is 13.1. The fourth-order valence-corrected chi connectivity index (χ4v) is 4.84. The van der Waals surface area contributed by atoms with E-state index in [0.29, 0.717) is 18.1 Å². The summed E-state index contributed by atoms with van der Waals surface area (Å²) in [5, 5.41) is 11.6. The van der Waals surface area contributed by atoms with Crippen molar-refractivity contribution in [3.05, 3.63) is 100 Å². The zero-order chi connectivity index (χ0) is 27.6. The van der Waals surface area contributed by atoms with Crippen molar-refractivity contribution in [3.8, 4) is 5.75 Å². The van der Waals surface area contributed by atoms with Crippen molar-refractivity contribution in [2.45, 2.75) is 65.5 Å². The summed E-state index contributed by atoms with van der Waals surface area (Å²) in [4.78, 5) is 32.5. The second-order valence-corrected chi connectivity index (χ2v) is 11.0. The third-order valence-electron chi connectivity index (χ3n) is 6.90. The van der Waals surface area contributed by atoms with Gasteiger partial charge in [0.05, 0.1) is 18.2 Å². The SMILES string of the molecule is CCOc1ccc(/C(O)=C2/C(=O)C(=O)N(Cc3cccnc3)C2c2ccc(C(C)C)cc2)cc1C(C)(C)C. The minimum absolute atomic E-state index is 0.0835. The Bertz CT molecular complexity index is 1350. The third kappa shape index (κ3) is 5.35. The lowest BCUT2D eigenvalue weighted by atomic mass is 9.84. The van der Waals surface area contributed by atoms with E-state index in [1.165, 1.54) is 4.90 Å². The highest BCUT2D eigenvalue weighted by atomic mass is 16.5. The lowest BCUT2D eigenvalue weighted by Crippen LogP contribution is -2.29. The van der Waals surface area contributed by atoms with Crippen LogP contribution in [0, 0.1) is 0 Å². The van der Waals surface area contributed by atoms with E-state index in [2.05, 4.69) is 39.6 Å². The molecule has 1 aromatic heterocycles. The van der Waals surface area contributed by atoms with E-state index in [1.54, 1.807) is 24.5 Å². The normalized spacial score (nSPS) is 17.3. The van der Waals surface area contributed by atoms with Crippen molar-refractivity contribution in [1.82, 2.24) is 9.88 Å². The van der Waals surface area contributed by atoms with Crippen LogP contribution in [0.5, 0.6) is 5.75 Å². The molecule has 198 valence electrons. The molecule has 1 atom stereocenters. The van der Waals surface area contributed by atoms with Gasteiger partial charge in [-0.3, -0.25) is 14.6 Å². The first-order chi connectivity index (χ1) is 18.0. The number of amides is 1. The maximum Gasteiger partial charge on any atom is 0.295 e. The molecule has 0 aliphatic carbocycles. The molecule has 0 spiro atoms. The number of aliphatic hydroxyl groups excluding tert-OH is 1. The topological polar surface area (TPSA) is 79.7 Å². The Hall–Kier alpha value is -3.93. The average Bonchev–Trinajstić information content (AvgIpc) is 3.13. The van der Waals surface area contributed by atoms with Crippen LogP contribution < -0.4 is 4.74 Å². The highest BCUT2D eigenvalue weighted by molar-refractivity contribution is 6.46. The second-order valence-electron chi connectivity index (χ2n) is 11.0. The lowest BCUT2D eigenvalue weighted by Gasteiger charge is -2.26. The van der Waals surface area contributed by atoms with Gasteiger partial charge in [-0.15, -0.1) is 0 Å². The summed E-state index contributed by atoms with van der Waals surface area (Å²) in [6.07, 6.45) is 3.35. The van der Waals surface area contributed by atoms with Gasteiger partial charge in [0.15, 0.2) is 0 Å². The number of likely N-dealkylation sites (tertiary alicyclic amines) is 1. The quantitative estimate of drug-likeness (QED) is 0.221. The molecule has 2 aromatic carbocycles.